The van der Waals surface area contributed by atoms with Gasteiger partial charge < -0.3 is 5.32 Å². The summed E-state index contributed by atoms with van der Waals surface area (Å²) in [7, 11) is 0. The summed E-state index contributed by atoms with van der Waals surface area (Å²) in [6.45, 7) is 2.06. The Hall–Kier alpha value is -4.07. The number of carbonyl (C=O) groups excluding carboxylic acids is 2. The molecular formula is C24H20FN5O2. The molecule has 1 aliphatic heterocycles. The number of imidazole rings is 1. The molecule has 0 saturated heterocycles. The molecule has 0 saturated carbocycles. The van der Waals surface area contributed by atoms with Crippen molar-refractivity contribution in [3.05, 3.63) is 83.9 Å². The maximum Gasteiger partial charge on any atom is 0.253 e. The van der Waals surface area contributed by atoms with Crippen LogP contribution in [0.4, 0.5) is 16.0 Å². The number of nitrogens with zero attached hydrogens (tertiary/aromatic N) is 4. The van der Waals surface area contributed by atoms with Crippen LogP contribution >= 0.6 is 0 Å². The molecule has 0 spiro atoms. The van der Waals surface area contributed by atoms with Crippen molar-refractivity contribution in [2.75, 3.05) is 10.2 Å². The zero-order valence-corrected chi connectivity index (χ0v) is 17.3. The Morgan fingerprint density at radius 3 is 2.78 bits per heavy atom. The lowest BCUT2D eigenvalue weighted by molar-refractivity contribution is -0.124. The van der Waals surface area contributed by atoms with E-state index in [0.717, 1.165) is 22.2 Å². The van der Waals surface area contributed by atoms with Gasteiger partial charge in [-0.1, -0.05) is 24.3 Å². The van der Waals surface area contributed by atoms with E-state index in [0.29, 0.717) is 12.5 Å². The van der Waals surface area contributed by atoms with Gasteiger partial charge in [-0.3, -0.25) is 24.0 Å². The third kappa shape index (κ3) is 3.49. The van der Waals surface area contributed by atoms with E-state index in [2.05, 4.69) is 15.3 Å². The van der Waals surface area contributed by atoms with Gasteiger partial charge in [0.15, 0.2) is 0 Å². The van der Waals surface area contributed by atoms with Crippen molar-refractivity contribution in [1.82, 2.24) is 14.5 Å². The summed E-state index contributed by atoms with van der Waals surface area (Å²) < 4.78 is 16.0. The quantitative estimate of drug-likeness (QED) is 0.520. The number of pyridine rings is 1. The van der Waals surface area contributed by atoms with Gasteiger partial charge in [-0.05, 0) is 48.4 Å². The average molecular weight is 429 g/mol. The number of fused-ring (bicyclic) bond motifs is 3. The Morgan fingerprint density at radius 1 is 1.16 bits per heavy atom. The van der Waals surface area contributed by atoms with Gasteiger partial charge >= 0.3 is 0 Å². The van der Waals surface area contributed by atoms with Crippen LogP contribution in [0.5, 0.6) is 0 Å². The highest BCUT2D eigenvalue weighted by atomic mass is 19.1. The average Bonchev–Trinajstić information content (AvgIpc) is 3.27. The molecule has 3 heterocycles. The number of benzene rings is 2. The van der Waals surface area contributed by atoms with E-state index in [9.17, 15) is 14.0 Å². The number of aromatic nitrogens is 3. The van der Waals surface area contributed by atoms with Gasteiger partial charge in [-0.15, -0.1) is 0 Å². The summed E-state index contributed by atoms with van der Waals surface area (Å²) >= 11 is 0. The molecule has 5 rings (SSSR count). The van der Waals surface area contributed by atoms with Crippen LogP contribution in [0.25, 0.3) is 11.0 Å². The van der Waals surface area contributed by atoms with E-state index in [-0.39, 0.29) is 18.0 Å². The van der Waals surface area contributed by atoms with Gasteiger partial charge in [0.2, 0.25) is 11.9 Å². The predicted molar refractivity (Wildman–Crippen MR) is 119 cm³/mol. The fourth-order valence-electron chi connectivity index (χ4n) is 4.02. The summed E-state index contributed by atoms with van der Waals surface area (Å²) in [4.78, 5) is 36.5. The van der Waals surface area contributed by atoms with E-state index >= 15 is 0 Å². The molecule has 4 aromatic rings. The maximum atomic E-state index is 14.2. The van der Waals surface area contributed by atoms with Crippen molar-refractivity contribution in [2.24, 2.45) is 0 Å². The molecule has 0 aliphatic carbocycles. The number of anilines is 2. The Morgan fingerprint density at radius 2 is 2.00 bits per heavy atom. The smallest absolute Gasteiger partial charge is 0.253 e. The molecule has 0 fully saturated rings. The van der Waals surface area contributed by atoms with Crippen LogP contribution in [0.2, 0.25) is 0 Å². The summed E-state index contributed by atoms with van der Waals surface area (Å²) in [6.07, 6.45) is 3.23. The van der Waals surface area contributed by atoms with Crippen molar-refractivity contribution in [1.29, 1.82) is 0 Å². The highest BCUT2D eigenvalue weighted by Gasteiger charge is 2.41. The number of carbonyl (C=O) groups is 2. The van der Waals surface area contributed by atoms with Gasteiger partial charge in [0.05, 0.1) is 29.7 Å². The lowest BCUT2D eigenvalue weighted by atomic mass is 10.1. The molecule has 1 aliphatic rings. The number of hydrogen-bond acceptors (Lipinski definition) is 4. The first-order chi connectivity index (χ1) is 15.5. The number of hydrogen-bond donors (Lipinski definition) is 1. The SMILES string of the molecule is Cc1ccc(NC(=O)C[C@H]2C(=O)N(Cc3cccnc3)c3nc4ccccc4n32)c(F)c1. The first kappa shape index (κ1) is 19.9. The summed E-state index contributed by atoms with van der Waals surface area (Å²) in [5, 5.41) is 2.59. The number of para-hydroxylation sites is 2. The number of amides is 2. The molecule has 7 nitrogen and oxygen atoms in total. The molecule has 0 bridgehead atoms. The van der Waals surface area contributed by atoms with Crippen LogP contribution in [-0.2, 0) is 16.1 Å². The van der Waals surface area contributed by atoms with Crippen LogP contribution in [0.15, 0.2) is 67.0 Å². The van der Waals surface area contributed by atoms with Crippen molar-refractivity contribution < 1.29 is 14.0 Å². The Kier molecular flexibility index (Phi) is 4.89. The monoisotopic (exact) mass is 429 g/mol. The van der Waals surface area contributed by atoms with E-state index < -0.39 is 17.8 Å². The van der Waals surface area contributed by atoms with E-state index in [1.807, 2.05) is 30.3 Å². The molecule has 2 aromatic heterocycles. The minimum atomic E-state index is -0.775. The second kappa shape index (κ2) is 7.88. The number of rotatable bonds is 5. The van der Waals surface area contributed by atoms with Crippen molar-refractivity contribution in [2.45, 2.75) is 25.9 Å². The van der Waals surface area contributed by atoms with Crippen LogP contribution in [0, 0.1) is 12.7 Å². The molecule has 1 atom stereocenters. The van der Waals surface area contributed by atoms with Crippen LogP contribution in [0.3, 0.4) is 0 Å². The maximum absolute atomic E-state index is 14.2. The zero-order chi connectivity index (χ0) is 22.2. The lowest BCUT2D eigenvalue weighted by Gasteiger charge is -2.16. The van der Waals surface area contributed by atoms with Gasteiger partial charge in [-0.25, -0.2) is 9.37 Å². The van der Waals surface area contributed by atoms with Crippen LogP contribution in [-0.4, -0.2) is 26.3 Å². The second-order valence-corrected chi connectivity index (χ2v) is 7.81. The second-order valence-electron chi connectivity index (χ2n) is 7.81. The molecule has 32 heavy (non-hydrogen) atoms. The molecule has 0 unspecified atom stereocenters. The Balaban J connectivity index is 1.47. The molecular weight excluding hydrogens is 409 g/mol. The van der Waals surface area contributed by atoms with Crippen molar-refractivity contribution >= 4 is 34.5 Å². The largest absolute Gasteiger partial charge is 0.324 e. The minimum absolute atomic E-state index is 0.0916. The molecule has 0 radical (unpaired) electrons. The third-order valence-corrected chi connectivity index (χ3v) is 5.52. The first-order valence-corrected chi connectivity index (χ1v) is 10.2. The molecule has 2 amide bonds. The fourth-order valence-corrected chi connectivity index (χ4v) is 4.02. The zero-order valence-electron chi connectivity index (χ0n) is 17.3. The van der Waals surface area contributed by atoms with Crippen molar-refractivity contribution in [3.8, 4) is 0 Å². The van der Waals surface area contributed by atoms with Crippen LogP contribution < -0.4 is 10.2 Å². The summed E-state index contributed by atoms with van der Waals surface area (Å²) in [6, 6.07) is 15.0. The van der Waals surface area contributed by atoms with E-state index in [1.54, 1.807) is 40.9 Å². The number of halogens is 1. The summed E-state index contributed by atoms with van der Waals surface area (Å²) in [5.41, 5.74) is 3.21. The minimum Gasteiger partial charge on any atom is -0.324 e. The normalized spacial score (nSPS) is 15.2. The van der Waals surface area contributed by atoms with Gasteiger partial charge in [0, 0.05) is 12.4 Å². The lowest BCUT2D eigenvalue weighted by Crippen LogP contribution is -2.31. The number of nitrogens with one attached hydrogen (secondary N) is 1. The van der Waals surface area contributed by atoms with Gasteiger partial charge in [0.25, 0.3) is 5.91 Å². The van der Waals surface area contributed by atoms with Crippen LogP contribution in [0.1, 0.15) is 23.6 Å². The Bertz CT molecular complexity index is 1330. The fraction of sp³-hybridized carbons (Fsp3) is 0.167. The molecule has 8 heteroatoms. The highest BCUT2D eigenvalue weighted by molar-refractivity contribution is 6.05. The topological polar surface area (TPSA) is 80.1 Å². The molecule has 1 N–H and O–H groups in total. The molecule has 160 valence electrons. The van der Waals surface area contributed by atoms with Gasteiger partial charge in [0.1, 0.15) is 11.9 Å². The van der Waals surface area contributed by atoms with Crippen molar-refractivity contribution in [3.63, 3.8) is 0 Å². The van der Waals surface area contributed by atoms with E-state index in [1.165, 1.54) is 12.1 Å². The first-order valence-electron chi connectivity index (χ1n) is 10.2. The predicted octanol–water partition coefficient (Wildman–Crippen LogP) is 4.00. The highest BCUT2D eigenvalue weighted by Crippen LogP contribution is 2.37. The third-order valence-electron chi connectivity index (χ3n) is 5.52. The Labute approximate surface area is 183 Å². The standard InChI is InChI=1S/C24H20FN5O2/c1-15-8-9-18(17(25)11-15)27-22(31)12-21-23(32)29(14-16-5-4-10-26-13-16)24-28-19-6-2-3-7-20(19)30(21)24/h2-11,13,21H,12,14H2,1H3,(H,27,31)/t21-/m0/s1. The van der Waals surface area contributed by atoms with Gasteiger partial charge in [-0.2, -0.15) is 0 Å². The molecule has 2 aromatic carbocycles. The van der Waals surface area contributed by atoms with E-state index in [4.69, 9.17) is 0 Å². The summed E-state index contributed by atoms with van der Waals surface area (Å²) in [5.74, 6) is -0.706. The number of aryl methyl sites for hydroxylation is 1.